The number of nitrogens with two attached hydrogens (primary N) is 1. The van der Waals surface area contributed by atoms with E-state index in [1.165, 1.54) is 32.8 Å². The van der Waals surface area contributed by atoms with E-state index in [9.17, 15) is 0 Å². The molecule has 9 rings (SSSR count). The first-order valence-corrected chi connectivity index (χ1v) is 21.7. The summed E-state index contributed by atoms with van der Waals surface area (Å²) >= 11 is 0. The molecule has 64 heavy (non-hydrogen) atoms. The number of para-hydroxylation sites is 1. The van der Waals surface area contributed by atoms with Crippen LogP contribution in [0.2, 0.25) is 0 Å². The van der Waals surface area contributed by atoms with E-state index in [0.717, 1.165) is 73.9 Å². The largest absolute Gasteiger partial charge is 0.455 e. The highest BCUT2D eigenvalue weighted by molar-refractivity contribution is 6.09. The quantitative estimate of drug-likeness (QED) is 0.114. The second-order valence-electron chi connectivity index (χ2n) is 15.4. The maximum atomic E-state index is 6.07. The van der Waals surface area contributed by atoms with E-state index in [2.05, 4.69) is 132 Å². The lowest BCUT2D eigenvalue weighted by molar-refractivity contribution is 0.479. The number of H-pyrrole nitrogens is 2. The minimum atomic E-state index is 0.800. The maximum absolute atomic E-state index is 6.07. The third-order valence-corrected chi connectivity index (χ3v) is 11.0. The van der Waals surface area contributed by atoms with Crippen molar-refractivity contribution in [2.45, 2.75) is 34.1 Å². The molecule has 0 aliphatic heterocycles. The van der Waals surface area contributed by atoms with Crippen molar-refractivity contribution >= 4 is 50.6 Å². The number of fused-ring (bicyclic) bond motifs is 4. The molecule has 0 saturated carbocycles. The molecule has 6 aromatic carbocycles. The number of benzene rings is 6. The van der Waals surface area contributed by atoms with Gasteiger partial charge in [-0.1, -0.05) is 152 Å². The van der Waals surface area contributed by atoms with Crippen molar-refractivity contribution in [3.63, 3.8) is 0 Å². The molecule has 5 nitrogen and oxygen atoms in total. The van der Waals surface area contributed by atoms with Gasteiger partial charge in [0, 0.05) is 50.3 Å². The fourth-order valence-corrected chi connectivity index (χ4v) is 7.65. The highest BCUT2D eigenvalue weighted by atomic mass is 16.5. The van der Waals surface area contributed by atoms with Crippen LogP contribution in [0.25, 0.3) is 67.4 Å². The van der Waals surface area contributed by atoms with Gasteiger partial charge in [0.2, 0.25) is 0 Å². The van der Waals surface area contributed by atoms with Gasteiger partial charge >= 0.3 is 0 Å². The number of nitrogens with one attached hydrogen (secondary N) is 2. The molecule has 9 aromatic rings. The number of aromatic nitrogens is 3. The number of aryl methyl sites for hydroxylation is 2. The van der Waals surface area contributed by atoms with E-state index in [1.807, 2.05) is 130 Å². The van der Waals surface area contributed by atoms with Crippen LogP contribution < -0.4 is 10.5 Å². The number of hydrogen-bond acceptors (Lipinski definition) is 2. The molecule has 0 spiro atoms. The zero-order chi connectivity index (χ0) is 44.8. The summed E-state index contributed by atoms with van der Waals surface area (Å²) in [6.07, 6.45) is 18.8. The van der Waals surface area contributed by atoms with E-state index in [-0.39, 0.29) is 0 Å². The summed E-state index contributed by atoms with van der Waals surface area (Å²) in [5, 5.41) is 3.65. The Balaban J connectivity index is 0.000000210. The summed E-state index contributed by atoms with van der Waals surface area (Å²) in [5.74, 6) is 1.63. The average molecular weight is 837 g/mol. The van der Waals surface area contributed by atoms with Crippen molar-refractivity contribution in [2.24, 2.45) is 5.73 Å². The second kappa shape index (κ2) is 21.2. The van der Waals surface area contributed by atoms with Crippen molar-refractivity contribution < 1.29 is 4.74 Å². The number of rotatable bonds is 11. The zero-order valence-electron chi connectivity index (χ0n) is 37.2. The molecule has 3 aromatic heterocycles. The predicted molar refractivity (Wildman–Crippen MR) is 276 cm³/mol. The lowest BCUT2D eigenvalue weighted by Crippen LogP contribution is -1.97. The molecule has 0 aliphatic rings. The first-order valence-electron chi connectivity index (χ1n) is 21.7. The van der Waals surface area contributed by atoms with Gasteiger partial charge in [-0.3, -0.25) is 0 Å². The van der Waals surface area contributed by atoms with Gasteiger partial charge in [0.1, 0.15) is 11.5 Å². The summed E-state index contributed by atoms with van der Waals surface area (Å²) in [6, 6.07) is 52.3. The van der Waals surface area contributed by atoms with Crippen LogP contribution in [0, 0.1) is 13.8 Å². The second-order valence-corrected chi connectivity index (χ2v) is 15.4. The number of hydrogen-bond donors (Lipinski definition) is 3. The summed E-state index contributed by atoms with van der Waals surface area (Å²) in [5.41, 5.74) is 20.5. The SMILES string of the molecule is C=C/C(=C\C=C/C)C/C=C(\N)c1ccccc1.C=Cc1c(/C=C\C)n(-c2ccc(Oc3cc[nH]c3C)cc2)c2ccc(-c3ccc4[nH]c5ccccc5c4c3)cc12.Cc1ccccc1. The summed E-state index contributed by atoms with van der Waals surface area (Å²) in [7, 11) is 0. The molecule has 0 fully saturated rings. The van der Waals surface area contributed by atoms with Crippen molar-refractivity contribution in [1.82, 2.24) is 14.5 Å². The van der Waals surface area contributed by atoms with E-state index in [1.54, 1.807) is 0 Å². The number of nitrogens with zero attached hydrogens (tertiary/aromatic N) is 1. The third-order valence-electron chi connectivity index (χ3n) is 11.0. The molecule has 0 aliphatic carbocycles. The van der Waals surface area contributed by atoms with Crippen LogP contribution in [0.15, 0.2) is 213 Å². The molecule has 0 bridgehead atoms. The van der Waals surface area contributed by atoms with Gasteiger partial charge < -0.3 is 25.0 Å². The molecule has 5 heteroatoms. The van der Waals surface area contributed by atoms with Crippen molar-refractivity contribution in [3.8, 4) is 28.3 Å². The Labute approximate surface area is 377 Å². The smallest absolute Gasteiger partial charge is 0.147 e. The summed E-state index contributed by atoms with van der Waals surface area (Å²) < 4.78 is 8.37. The summed E-state index contributed by atoms with van der Waals surface area (Å²) in [4.78, 5) is 6.69. The van der Waals surface area contributed by atoms with E-state index in [0.29, 0.717) is 0 Å². The Hall–Kier alpha value is -8.02. The predicted octanol–water partition coefficient (Wildman–Crippen LogP) is 16.1. The molecule has 0 unspecified atom stereocenters. The maximum Gasteiger partial charge on any atom is 0.147 e. The molecule has 4 N–H and O–H groups in total. The summed E-state index contributed by atoms with van der Waals surface area (Å²) in [6.45, 7) is 16.1. The minimum Gasteiger partial charge on any atom is -0.455 e. The van der Waals surface area contributed by atoms with Crippen molar-refractivity contribution in [2.75, 3.05) is 0 Å². The van der Waals surface area contributed by atoms with Gasteiger partial charge in [0.15, 0.2) is 0 Å². The topological polar surface area (TPSA) is 71.8 Å². The first kappa shape index (κ1) is 44.0. The van der Waals surface area contributed by atoms with Gasteiger partial charge in [-0.05, 0) is 123 Å². The first-order chi connectivity index (χ1) is 31.3. The minimum absolute atomic E-state index is 0.800. The Kier molecular flexibility index (Phi) is 14.6. The van der Waals surface area contributed by atoms with Crippen molar-refractivity contribution in [3.05, 3.63) is 241 Å². The number of allylic oxidation sites excluding steroid dienone is 7. The third kappa shape index (κ3) is 10.4. The highest BCUT2D eigenvalue weighted by Gasteiger charge is 2.17. The monoisotopic (exact) mass is 836 g/mol. The van der Waals surface area contributed by atoms with Crippen LogP contribution in [0.3, 0.4) is 0 Å². The van der Waals surface area contributed by atoms with E-state index >= 15 is 0 Å². The molecule has 0 saturated heterocycles. The molecule has 0 radical (unpaired) electrons. The standard InChI is InChI=1S/C36H29N3O.C16H19N.C7H8/c1-4-8-34-28(5-2)31-22-25(24-11-17-33-30(21-24)29-9-6-7-10-32(29)38-33)12-18-35(31)39(34)26-13-15-27(16-14-26)40-36-19-20-37-23(36)3;1-3-5-9-14(4-2)12-13-16(17)15-10-7-6-8-11-15;1-7-5-3-2-4-6-7/h4-22,37-38H,2H2,1,3H3;3-11,13H,2,12,17H2,1H3;2-6H,1H3/b8-4-;5-3-,14-9+,16-13-;. The van der Waals surface area contributed by atoms with E-state index in [4.69, 9.17) is 10.5 Å². The number of aromatic amines is 2. The van der Waals surface area contributed by atoms with Crippen LogP contribution in [-0.2, 0) is 0 Å². The molecule has 0 amide bonds. The normalized spacial score (nSPS) is 11.8. The molecule has 0 atom stereocenters. The zero-order valence-corrected chi connectivity index (χ0v) is 37.2. The number of ether oxygens (including phenoxy) is 1. The van der Waals surface area contributed by atoms with Gasteiger partial charge in [-0.2, -0.15) is 0 Å². The van der Waals surface area contributed by atoms with Crippen LogP contribution in [0.1, 0.15) is 48.3 Å². The average Bonchev–Trinajstić information content (AvgIpc) is 4.02. The highest BCUT2D eigenvalue weighted by Crippen LogP contribution is 2.37. The molecule has 3 heterocycles. The van der Waals surface area contributed by atoms with Crippen LogP contribution >= 0.6 is 0 Å². The lowest BCUT2D eigenvalue weighted by atomic mass is 10.00. The van der Waals surface area contributed by atoms with Crippen LogP contribution in [-0.4, -0.2) is 14.5 Å². The van der Waals surface area contributed by atoms with Crippen molar-refractivity contribution in [1.29, 1.82) is 0 Å². The molecular formula is C59H56N4O. The van der Waals surface area contributed by atoms with Crippen LogP contribution in [0.4, 0.5) is 0 Å². The van der Waals surface area contributed by atoms with Gasteiger partial charge in [-0.25, -0.2) is 0 Å². The van der Waals surface area contributed by atoms with Gasteiger partial charge in [-0.15, -0.1) is 0 Å². The van der Waals surface area contributed by atoms with E-state index < -0.39 is 0 Å². The molecular weight excluding hydrogens is 781 g/mol. The van der Waals surface area contributed by atoms with Gasteiger partial charge in [0.25, 0.3) is 0 Å². The fraction of sp³-hybridized carbons (Fsp3) is 0.0847. The molecule has 318 valence electrons. The lowest BCUT2D eigenvalue weighted by Gasteiger charge is -2.11. The van der Waals surface area contributed by atoms with Crippen LogP contribution in [0.5, 0.6) is 11.5 Å². The Morgan fingerprint density at radius 3 is 2.02 bits per heavy atom. The Morgan fingerprint density at radius 2 is 1.38 bits per heavy atom. The fourth-order valence-electron chi connectivity index (χ4n) is 7.65. The Morgan fingerprint density at radius 1 is 0.703 bits per heavy atom. The van der Waals surface area contributed by atoms with Gasteiger partial charge in [0.05, 0.1) is 16.9 Å². The Bertz CT molecular complexity index is 3110.